The monoisotopic (exact) mass is 414 g/mol. The molecule has 136 valence electrons. The van der Waals surface area contributed by atoms with Crippen molar-refractivity contribution < 1.29 is 19.1 Å². The summed E-state index contributed by atoms with van der Waals surface area (Å²) in [6.07, 6.45) is 3.62. The van der Waals surface area contributed by atoms with Crippen LogP contribution in [0.2, 0.25) is 0 Å². The molecular formula is C16H19BrN2O6. The van der Waals surface area contributed by atoms with E-state index in [0.29, 0.717) is 12.0 Å². The first-order valence-electron chi connectivity index (χ1n) is 7.64. The summed E-state index contributed by atoms with van der Waals surface area (Å²) in [6.45, 7) is 3.18. The van der Waals surface area contributed by atoms with Gasteiger partial charge in [0, 0.05) is 37.9 Å². The van der Waals surface area contributed by atoms with Gasteiger partial charge in [-0.25, -0.2) is 4.79 Å². The molecule has 1 aliphatic carbocycles. The first kappa shape index (κ1) is 19.2. The minimum absolute atomic E-state index is 0.0234. The van der Waals surface area contributed by atoms with Gasteiger partial charge in [-0.1, -0.05) is 15.9 Å². The number of ether oxygens (including phenoxy) is 2. The molecule has 2 unspecified atom stereocenters. The SMILES string of the molecule is CC(=O)OCC1CC1(COC(C)=O)Cn1cc(C=CBr)c(=O)[nH]c1=O. The molecule has 1 N–H and O–H groups in total. The Morgan fingerprint density at radius 2 is 2.04 bits per heavy atom. The van der Waals surface area contributed by atoms with E-state index in [9.17, 15) is 19.2 Å². The maximum atomic E-state index is 12.1. The van der Waals surface area contributed by atoms with Crippen LogP contribution in [0.4, 0.5) is 0 Å². The number of esters is 2. The van der Waals surface area contributed by atoms with Crippen molar-refractivity contribution in [3.63, 3.8) is 0 Å². The van der Waals surface area contributed by atoms with Crippen LogP contribution >= 0.6 is 15.9 Å². The smallest absolute Gasteiger partial charge is 0.328 e. The minimum atomic E-state index is -0.544. The standard InChI is InChI=1S/C16H19BrN2O6/c1-10(20)24-7-13-5-16(13,9-25-11(2)21)8-19-6-12(3-4-17)14(22)18-15(19)23/h3-4,6,13H,5,7-9H2,1-2H3,(H,18,22,23). The van der Waals surface area contributed by atoms with Crippen molar-refractivity contribution in [2.24, 2.45) is 11.3 Å². The Hall–Kier alpha value is -2.16. The van der Waals surface area contributed by atoms with Gasteiger partial charge < -0.3 is 9.47 Å². The van der Waals surface area contributed by atoms with Crippen LogP contribution in [0.5, 0.6) is 0 Å². The van der Waals surface area contributed by atoms with Crippen molar-refractivity contribution in [3.8, 4) is 0 Å². The van der Waals surface area contributed by atoms with Crippen LogP contribution in [0.15, 0.2) is 20.8 Å². The molecule has 1 aromatic rings. The van der Waals surface area contributed by atoms with Crippen LogP contribution in [0.1, 0.15) is 25.8 Å². The topological polar surface area (TPSA) is 107 Å². The highest BCUT2D eigenvalue weighted by atomic mass is 79.9. The van der Waals surface area contributed by atoms with Crippen molar-refractivity contribution in [2.45, 2.75) is 26.8 Å². The zero-order valence-corrected chi connectivity index (χ0v) is 15.5. The summed E-state index contributed by atoms with van der Waals surface area (Å²) in [4.78, 5) is 49.8. The largest absolute Gasteiger partial charge is 0.466 e. The molecule has 1 fully saturated rings. The molecule has 0 aliphatic heterocycles. The molecule has 0 bridgehead atoms. The number of H-pyrrole nitrogens is 1. The van der Waals surface area contributed by atoms with E-state index in [0.717, 1.165) is 0 Å². The predicted molar refractivity (Wildman–Crippen MR) is 93.1 cm³/mol. The van der Waals surface area contributed by atoms with Gasteiger partial charge >= 0.3 is 17.6 Å². The van der Waals surface area contributed by atoms with Gasteiger partial charge in [-0.3, -0.25) is 23.9 Å². The number of carbonyl (C=O) groups excluding carboxylic acids is 2. The van der Waals surface area contributed by atoms with Crippen molar-refractivity contribution >= 4 is 33.9 Å². The summed E-state index contributed by atoms with van der Waals surface area (Å²) < 4.78 is 11.5. The number of aromatic amines is 1. The quantitative estimate of drug-likeness (QED) is 0.667. The number of nitrogens with one attached hydrogen (secondary N) is 1. The molecule has 0 spiro atoms. The third kappa shape index (κ3) is 4.91. The Kier molecular flexibility index (Phi) is 5.99. The Bertz CT molecular complexity index is 812. The molecule has 0 aromatic carbocycles. The first-order valence-corrected chi connectivity index (χ1v) is 8.56. The summed E-state index contributed by atoms with van der Waals surface area (Å²) in [5.74, 6) is -0.835. The van der Waals surface area contributed by atoms with E-state index in [2.05, 4.69) is 20.9 Å². The summed E-state index contributed by atoms with van der Waals surface area (Å²) in [6, 6.07) is 0. The van der Waals surface area contributed by atoms with Gasteiger partial charge in [0.2, 0.25) is 0 Å². The number of hydrogen-bond donors (Lipinski definition) is 1. The maximum Gasteiger partial charge on any atom is 0.328 e. The molecule has 0 saturated heterocycles. The maximum absolute atomic E-state index is 12.1. The Morgan fingerprint density at radius 1 is 1.36 bits per heavy atom. The van der Waals surface area contributed by atoms with Gasteiger partial charge in [0.05, 0.1) is 18.8 Å². The molecule has 2 rings (SSSR count). The van der Waals surface area contributed by atoms with Crippen LogP contribution in [0.25, 0.3) is 6.08 Å². The van der Waals surface area contributed by atoms with E-state index in [1.807, 2.05) is 0 Å². The lowest BCUT2D eigenvalue weighted by Gasteiger charge is -2.18. The predicted octanol–water partition coefficient (Wildman–Crippen LogP) is 1.03. The van der Waals surface area contributed by atoms with Crippen LogP contribution in [0, 0.1) is 11.3 Å². The molecule has 9 heteroatoms. The number of rotatable bonds is 7. The van der Waals surface area contributed by atoms with E-state index in [4.69, 9.17) is 9.47 Å². The summed E-state index contributed by atoms with van der Waals surface area (Å²) >= 11 is 3.09. The van der Waals surface area contributed by atoms with Crippen molar-refractivity contribution in [2.75, 3.05) is 13.2 Å². The first-order chi connectivity index (χ1) is 11.8. The second kappa shape index (κ2) is 7.81. The van der Waals surface area contributed by atoms with E-state index in [1.54, 1.807) is 0 Å². The van der Waals surface area contributed by atoms with Crippen LogP contribution in [-0.4, -0.2) is 34.7 Å². The molecule has 0 amide bonds. The van der Waals surface area contributed by atoms with Gasteiger partial charge in [0.15, 0.2) is 0 Å². The second-order valence-corrected chi connectivity index (χ2v) is 6.64. The molecular weight excluding hydrogens is 396 g/mol. The highest BCUT2D eigenvalue weighted by Gasteiger charge is 2.56. The van der Waals surface area contributed by atoms with E-state index < -0.39 is 22.6 Å². The average Bonchev–Trinajstić information content (AvgIpc) is 3.21. The summed E-state index contributed by atoms with van der Waals surface area (Å²) in [5, 5.41) is 0. The number of nitrogens with zero attached hydrogens (tertiary/aromatic N) is 1. The lowest BCUT2D eigenvalue weighted by atomic mass is 10.1. The fraction of sp³-hybridized carbons (Fsp3) is 0.500. The van der Waals surface area contributed by atoms with Crippen LogP contribution in [-0.2, 0) is 25.6 Å². The van der Waals surface area contributed by atoms with Crippen molar-refractivity contribution in [1.82, 2.24) is 9.55 Å². The Morgan fingerprint density at radius 3 is 2.64 bits per heavy atom. The van der Waals surface area contributed by atoms with Gasteiger partial charge in [-0.15, -0.1) is 0 Å². The summed E-state index contributed by atoms with van der Waals surface area (Å²) in [5.41, 5.74) is -1.22. The van der Waals surface area contributed by atoms with E-state index in [-0.39, 0.29) is 31.6 Å². The molecule has 1 saturated carbocycles. The summed E-state index contributed by atoms with van der Waals surface area (Å²) in [7, 11) is 0. The number of halogens is 1. The van der Waals surface area contributed by atoms with Crippen LogP contribution in [0.3, 0.4) is 0 Å². The molecule has 2 atom stereocenters. The fourth-order valence-corrected chi connectivity index (χ4v) is 3.00. The van der Waals surface area contributed by atoms with Crippen LogP contribution < -0.4 is 11.2 Å². The van der Waals surface area contributed by atoms with Gasteiger partial charge in [0.1, 0.15) is 0 Å². The third-order valence-corrected chi connectivity index (χ3v) is 4.44. The average molecular weight is 415 g/mol. The number of carbonyl (C=O) groups is 2. The van der Waals surface area contributed by atoms with E-state index in [1.165, 1.54) is 35.7 Å². The highest BCUT2D eigenvalue weighted by Crippen LogP contribution is 2.54. The third-order valence-electron chi connectivity index (χ3n) is 4.18. The fourth-order valence-electron chi connectivity index (χ4n) is 2.72. The zero-order chi connectivity index (χ0) is 18.6. The number of aromatic nitrogens is 2. The Balaban J connectivity index is 2.24. The second-order valence-electron chi connectivity index (χ2n) is 6.11. The van der Waals surface area contributed by atoms with E-state index >= 15 is 0 Å². The molecule has 25 heavy (non-hydrogen) atoms. The minimum Gasteiger partial charge on any atom is -0.466 e. The van der Waals surface area contributed by atoms with Gasteiger partial charge in [-0.05, 0) is 17.5 Å². The molecule has 1 heterocycles. The molecule has 1 aliphatic rings. The van der Waals surface area contributed by atoms with Crippen molar-refractivity contribution in [1.29, 1.82) is 0 Å². The Labute approximate surface area is 152 Å². The van der Waals surface area contributed by atoms with Crippen molar-refractivity contribution in [3.05, 3.63) is 37.6 Å². The molecule has 1 aromatic heterocycles. The molecule has 8 nitrogen and oxygen atoms in total. The van der Waals surface area contributed by atoms with Gasteiger partial charge in [0.25, 0.3) is 5.56 Å². The molecule has 0 radical (unpaired) electrons. The normalized spacial score (nSPS) is 22.0. The highest BCUT2D eigenvalue weighted by molar-refractivity contribution is 9.11. The lowest BCUT2D eigenvalue weighted by Crippen LogP contribution is -2.35. The number of hydrogen-bond acceptors (Lipinski definition) is 6. The van der Waals surface area contributed by atoms with Gasteiger partial charge in [-0.2, -0.15) is 0 Å². The zero-order valence-electron chi connectivity index (χ0n) is 13.9. The lowest BCUT2D eigenvalue weighted by molar-refractivity contribution is -0.145.